The summed E-state index contributed by atoms with van der Waals surface area (Å²) in [4.78, 5) is 10.4. The van der Waals surface area contributed by atoms with Crippen molar-refractivity contribution in [3.05, 3.63) is 289 Å². The number of benzene rings is 11. The first-order valence-electron chi connectivity index (χ1n) is 27.3. The number of hydrogen-bond donors (Lipinski definition) is 0. The maximum atomic E-state index is 2.69. The minimum absolute atomic E-state index is 0.000281. The van der Waals surface area contributed by atoms with Gasteiger partial charge in [-0.1, -0.05) is 209 Å². The number of hydrogen-bond acceptors (Lipinski definition) is 5. The molecule has 3 aliphatic rings. The first-order chi connectivity index (χ1) is 38.4. The van der Waals surface area contributed by atoms with Gasteiger partial charge in [-0.15, -0.1) is 11.3 Å². The maximum absolute atomic E-state index is 2.69. The SMILES string of the molecule is CC(C)(C)c1ccc(N2c3cc(N(c4ccccc4)c4ccccc4)cc4c3B(c3ccc5c(c3N4c3ccccc3)C(c3ccccc3)C(c3ccccc3)N5c3cccc4ccccc34)c3c2sc2ccccc32)cc1. The van der Waals surface area contributed by atoms with Crippen LogP contribution in [0.25, 0.3) is 20.9 Å². The van der Waals surface area contributed by atoms with Crippen LogP contribution in [0.2, 0.25) is 0 Å². The summed E-state index contributed by atoms with van der Waals surface area (Å²) in [6.07, 6.45) is 0. The Balaban J connectivity index is 1.10. The highest BCUT2D eigenvalue weighted by molar-refractivity contribution is 7.26. The van der Waals surface area contributed by atoms with Gasteiger partial charge in [-0.3, -0.25) is 0 Å². The van der Waals surface area contributed by atoms with E-state index in [0.717, 1.165) is 28.4 Å². The van der Waals surface area contributed by atoms with Gasteiger partial charge >= 0.3 is 0 Å². The highest BCUT2D eigenvalue weighted by Crippen LogP contribution is 2.61. The van der Waals surface area contributed by atoms with Crippen molar-refractivity contribution in [2.75, 3.05) is 19.6 Å². The summed E-state index contributed by atoms with van der Waals surface area (Å²) < 4.78 is 1.28. The lowest BCUT2D eigenvalue weighted by Crippen LogP contribution is -2.61. The first kappa shape index (κ1) is 46.2. The van der Waals surface area contributed by atoms with Crippen LogP contribution in [0, 0.1) is 0 Å². The van der Waals surface area contributed by atoms with Crippen LogP contribution in [0.3, 0.4) is 0 Å². The molecule has 0 fully saturated rings. The Morgan fingerprint density at radius 3 is 1.65 bits per heavy atom. The molecule has 15 rings (SSSR count). The van der Waals surface area contributed by atoms with Crippen molar-refractivity contribution in [3.63, 3.8) is 0 Å². The zero-order valence-electron chi connectivity index (χ0n) is 43.8. The molecule has 0 aliphatic carbocycles. The predicted molar refractivity (Wildman–Crippen MR) is 333 cm³/mol. The molecule has 4 nitrogen and oxygen atoms in total. The van der Waals surface area contributed by atoms with Crippen molar-refractivity contribution in [3.8, 4) is 0 Å². The second kappa shape index (κ2) is 18.3. The summed E-state index contributed by atoms with van der Waals surface area (Å²) >= 11 is 1.91. The van der Waals surface area contributed by atoms with Gasteiger partial charge in [-0.2, -0.15) is 0 Å². The lowest BCUT2D eigenvalue weighted by atomic mass is 9.33. The Morgan fingerprint density at radius 2 is 0.987 bits per heavy atom. The molecule has 2 atom stereocenters. The van der Waals surface area contributed by atoms with E-state index < -0.39 is 0 Å². The van der Waals surface area contributed by atoms with E-state index in [9.17, 15) is 0 Å². The third kappa shape index (κ3) is 7.27. The molecule has 1 aromatic heterocycles. The Morgan fingerprint density at radius 1 is 0.436 bits per heavy atom. The molecule has 0 bridgehead atoms. The first-order valence-corrected chi connectivity index (χ1v) is 28.1. The molecule has 0 saturated carbocycles. The molecule has 3 aliphatic heterocycles. The zero-order chi connectivity index (χ0) is 52.1. The maximum Gasteiger partial charge on any atom is 0.254 e. The Bertz CT molecular complexity index is 4170. The average molecular weight is 1020 g/mol. The molecule has 372 valence electrons. The van der Waals surface area contributed by atoms with E-state index in [-0.39, 0.29) is 24.1 Å². The van der Waals surface area contributed by atoms with Crippen LogP contribution in [-0.4, -0.2) is 6.71 Å². The number of thiophene rings is 1. The molecule has 0 amide bonds. The van der Waals surface area contributed by atoms with Gasteiger partial charge in [0.15, 0.2) is 0 Å². The molecule has 78 heavy (non-hydrogen) atoms. The fraction of sp³-hybridized carbons (Fsp3) is 0.0833. The fourth-order valence-electron chi connectivity index (χ4n) is 13.2. The number of para-hydroxylation sites is 3. The molecule has 4 heterocycles. The minimum Gasteiger partial charge on any atom is -0.332 e. The minimum atomic E-state index is -0.110. The molecular weight excluding hydrogens is 964 g/mol. The molecule has 11 aromatic carbocycles. The van der Waals surface area contributed by atoms with Crippen molar-refractivity contribution >= 4 is 117 Å². The third-order valence-corrected chi connectivity index (χ3v) is 17.7. The van der Waals surface area contributed by atoms with Gasteiger partial charge in [0.1, 0.15) is 0 Å². The average Bonchev–Trinajstić information content (AvgIpc) is 3.14. The van der Waals surface area contributed by atoms with Gasteiger partial charge < -0.3 is 19.6 Å². The van der Waals surface area contributed by atoms with Crippen LogP contribution >= 0.6 is 11.3 Å². The lowest BCUT2D eigenvalue weighted by Gasteiger charge is -2.45. The van der Waals surface area contributed by atoms with Crippen molar-refractivity contribution in [2.45, 2.75) is 38.1 Å². The summed E-state index contributed by atoms with van der Waals surface area (Å²) in [5.74, 6) is -0.0711. The smallest absolute Gasteiger partial charge is 0.254 e. The van der Waals surface area contributed by atoms with Crippen molar-refractivity contribution in [1.82, 2.24) is 0 Å². The summed E-state index contributed by atoms with van der Waals surface area (Å²) in [6, 6.07) is 99.7. The molecule has 0 radical (unpaired) electrons. The van der Waals surface area contributed by atoms with Crippen LogP contribution in [0.15, 0.2) is 267 Å². The lowest BCUT2D eigenvalue weighted by molar-refractivity contribution is 0.590. The van der Waals surface area contributed by atoms with E-state index in [4.69, 9.17) is 0 Å². The van der Waals surface area contributed by atoms with Crippen LogP contribution < -0.4 is 36.0 Å². The number of rotatable bonds is 8. The van der Waals surface area contributed by atoms with Crippen LogP contribution in [-0.2, 0) is 5.41 Å². The van der Waals surface area contributed by atoms with E-state index in [1.807, 2.05) is 11.3 Å². The number of fused-ring (bicyclic) bond motifs is 9. The largest absolute Gasteiger partial charge is 0.332 e. The van der Waals surface area contributed by atoms with Crippen molar-refractivity contribution in [2.24, 2.45) is 0 Å². The zero-order valence-corrected chi connectivity index (χ0v) is 44.6. The second-order valence-electron chi connectivity index (χ2n) is 22.0. The third-order valence-electron chi connectivity index (χ3n) is 16.5. The Labute approximate surface area is 461 Å². The normalized spacial score (nSPS) is 15.3. The van der Waals surface area contributed by atoms with E-state index >= 15 is 0 Å². The van der Waals surface area contributed by atoms with Crippen molar-refractivity contribution < 1.29 is 0 Å². The molecular formula is C72H55BN4S. The Kier molecular flexibility index (Phi) is 10.8. The van der Waals surface area contributed by atoms with E-state index in [2.05, 4.69) is 307 Å². The highest BCUT2D eigenvalue weighted by Gasteiger charge is 2.51. The molecule has 2 unspecified atom stereocenters. The van der Waals surface area contributed by atoms with E-state index in [1.165, 1.54) is 92.9 Å². The molecule has 12 aromatic rings. The fourth-order valence-corrected chi connectivity index (χ4v) is 14.4. The summed E-state index contributed by atoms with van der Waals surface area (Å²) in [7, 11) is 0. The second-order valence-corrected chi connectivity index (χ2v) is 23.0. The summed E-state index contributed by atoms with van der Waals surface area (Å²) in [6.45, 7) is 6.80. The molecule has 6 heteroatoms. The topological polar surface area (TPSA) is 13.0 Å². The summed E-state index contributed by atoms with van der Waals surface area (Å²) in [5.41, 5.74) is 20.7. The number of nitrogens with zero attached hydrogens (tertiary/aromatic N) is 4. The van der Waals surface area contributed by atoms with Crippen molar-refractivity contribution in [1.29, 1.82) is 0 Å². The van der Waals surface area contributed by atoms with E-state index in [1.54, 1.807) is 0 Å². The van der Waals surface area contributed by atoms with Crippen LogP contribution in [0.4, 0.5) is 61.9 Å². The molecule has 0 N–H and O–H groups in total. The van der Waals surface area contributed by atoms with Gasteiger partial charge in [-0.25, -0.2) is 0 Å². The van der Waals surface area contributed by atoms with Gasteiger partial charge in [0, 0.05) is 72.8 Å². The standard InChI is InChI=1S/C72H55BN4S/c1-72(2,3)51-40-42-55(43-41-51)76-63-47-56(74(52-30-13-6-14-31-52)53-32-15-7-16-33-53)46-62-68(63)73(67-58-37-21-22-39-64(58)78-71(67)76)59-44-45-61-66(70(59)75(62)54-34-17-8-18-35-54)65(49-25-9-4-10-26-49)69(50-27-11-5-12-28-50)77(61)60-38-23-29-48-24-19-20-36-57(48)60/h4-47,65,69H,1-3H3. The Hall–Kier alpha value is -9.10. The molecule has 0 saturated heterocycles. The van der Waals surface area contributed by atoms with Crippen LogP contribution in [0.5, 0.6) is 0 Å². The van der Waals surface area contributed by atoms with Gasteiger partial charge in [-0.05, 0) is 128 Å². The highest BCUT2D eigenvalue weighted by atomic mass is 32.1. The van der Waals surface area contributed by atoms with E-state index in [0.29, 0.717) is 0 Å². The van der Waals surface area contributed by atoms with Gasteiger partial charge in [0.05, 0.1) is 16.7 Å². The number of anilines is 11. The summed E-state index contributed by atoms with van der Waals surface area (Å²) in [5, 5.41) is 5.01. The van der Waals surface area contributed by atoms with Gasteiger partial charge in [0.2, 0.25) is 0 Å². The molecule has 0 spiro atoms. The predicted octanol–water partition coefficient (Wildman–Crippen LogP) is 17.9. The van der Waals surface area contributed by atoms with Gasteiger partial charge in [0.25, 0.3) is 6.71 Å². The van der Waals surface area contributed by atoms with Crippen LogP contribution in [0.1, 0.15) is 55.0 Å². The quantitative estimate of drug-likeness (QED) is 0.141. The monoisotopic (exact) mass is 1020 g/mol.